The van der Waals surface area contributed by atoms with Gasteiger partial charge in [0.15, 0.2) is 0 Å². The van der Waals surface area contributed by atoms with Crippen LogP contribution in [-0.4, -0.2) is 16.0 Å². The molecule has 23 heavy (non-hydrogen) atoms. The van der Waals surface area contributed by atoms with Crippen LogP contribution >= 0.6 is 11.3 Å². The number of aromatic nitrogens is 2. The average molecular weight is 327 g/mol. The molecule has 0 saturated heterocycles. The molecule has 0 aliphatic rings. The summed E-state index contributed by atoms with van der Waals surface area (Å²) in [5, 5.41) is 10.8. The Morgan fingerprint density at radius 2 is 2.17 bits per heavy atom. The zero-order chi connectivity index (χ0) is 16.2. The highest BCUT2D eigenvalue weighted by Crippen LogP contribution is 2.19. The number of anilines is 1. The number of benzene rings is 1. The van der Waals surface area contributed by atoms with Crippen LogP contribution in [0.3, 0.4) is 0 Å². The summed E-state index contributed by atoms with van der Waals surface area (Å²) in [7, 11) is 0. The number of nitrogens with zero attached hydrogens (tertiary/aromatic N) is 2. The predicted octanol–water partition coefficient (Wildman–Crippen LogP) is 3.99. The Hall–Kier alpha value is -2.47. The van der Waals surface area contributed by atoms with Crippen LogP contribution in [-0.2, 0) is 11.2 Å². The number of thiophene rings is 1. The zero-order valence-corrected chi connectivity index (χ0v) is 13.8. The fourth-order valence-corrected chi connectivity index (χ4v) is 2.89. The van der Waals surface area contributed by atoms with Gasteiger partial charge in [0, 0.05) is 29.5 Å². The standard InChI is InChI=1S/C17H17N3O2S/c1-11-3-4-14(12(2)9-11)18-15(21)5-6-16-19-17(20-22-16)13-7-8-23-10-13/h3-4,7-10H,5-6H2,1-2H3,(H,18,21). The summed E-state index contributed by atoms with van der Waals surface area (Å²) in [6.45, 7) is 4.01. The molecule has 0 spiro atoms. The maximum Gasteiger partial charge on any atom is 0.227 e. The zero-order valence-electron chi connectivity index (χ0n) is 13.0. The van der Waals surface area contributed by atoms with Gasteiger partial charge in [-0.25, -0.2) is 0 Å². The smallest absolute Gasteiger partial charge is 0.227 e. The first-order valence-corrected chi connectivity index (χ1v) is 8.28. The van der Waals surface area contributed by atoms with Crippen molar-refractivity contribution >= 4 is 22.9 Å². The van der Waals surface area contributed by atoms with Gasteiger partial charge in [0.2, 0.25) is 17.6 Å². The number of amides is 1. The summed E-state index contributed by atoms with van der Waals surface area (Å²) in [5.74, 6) is 0.977. The average Bonchev–Trinajstić information content (AvgIpc) is 3.18. The van der Waals surface area contributed by atoms with Gasteiger partial charge in [0.25, 0.3) is 0 Å². The summed E-state index contributed by atoms with van der Waals surface area (Å²) in [4.78, 5) is 16.4. The van der Waals surface area contributed by atoms with Gasteiger partial charge in [-0.15, -0.1) is 0 Å². The Morgan fingerprint density at radius 3 is 2.91 bits per heavy atom. The number of hydrogen-bond acceptors (Lipinski definition) is 5. The molecule has 1 N–H and O–H groups in total. The van der Waals surface area contributed by atoms with Gasteiger partial charge in [-0.05, 0) is 36.9 Å². The van der Waals surface area contributed by atoms with Crippen molar-refractivity contribution in [1.82, 2.24) is 10.1 Å². The third kappa shape index (κ3) is 3.84. The molecule has 2 aromatic heterocycles. The van der Waals surface area contributed by atoms with Crippen LogP contribution in [0.1, 0.15) is 23.4 Å². The van der Waals surface area contributed by atoms with Gasteiger partial charge < -0.3 is 9.84 Å². The Labute approximate surface area is 138 Å². The second-order valence-corrected chi connectivity index (χ2v) is 6.17. The molecule has 6 heteroatoms. The molecule has 3 aromatic rings. The molecule has 118 valence electrons. The van der Waals surface area contributed by atoms with Gasteiger partial charge in [0.1, 0.15) is 0 Å². The SMILES string of the molecule is Cc1ccc(NC(=O)CCc2nc(-c3ccsc3)no2)c(C)c1. The van der Waals surface area contributed by atoms with Crippen LogP contribution in [0.2, 0.25) is 0 Å². The lowest BCUT2D eigenvalue weighted by Gasteiger charge is -2.08. The number of nitrogens with one attached hydrogen (secondary N) is 1. The first kappa shape index (κ1) is 15.4. The van der Waals surface area contributed by atoms with Crippen molar-refractivity contribution < 1.29 is 9.32 Å². The van der Waals surface area contributed by atoms with E-state index >= 15 is 0 Å². The molecule has 0 saturated carbocycles. The fraction of sp³-hybridized carbons (Fsp3) is 0.235. The van der Waals surface area contributed by atoms with Crippen molar-refractivity contribution in [3.8, 4) is 11.4 Å². The number of carbonyl (C=O) groups is 1. The van der Waals surface area contributed by atoms with E-state index in [-0.39, 0.29) is 5.91 Å². The molecule has 1 amide bonds. The molecular formula is C17H17N3O2S. The largest absolute Gasteiger partial charge is 0.339 e. The third-order valence-electron chi connectivity index (χ3n) is 3.47. The van der Waals surface area contributed by atoms with Crippen molar-refractivity contribution in [3.05, 3.63) is 52.0 Å². The molecule has 5 nitrogen and oxygen atoms in total. The Balaban J connectivity index is 1.57. The maximum absolute atomic E-state index is 12.1. The van der Waals surface area contributed by atoms with Gasteiger partial charge >= 0.3 is 0 Å². The van der Waals surface area contributed by atoms with Crippen LogP contribution in [0.5, 0.6) is 0 Å². The fourth-order valence-electron chi connectivity index (χ4n) is 2.25. The van der Waals surface area contributed by atoms with Gasteiger partial charge in [0.05, 0.1) is 0 Å². The first-order chi connectivity index (χ1) is 11.1. The molecule has 0 unspecified atom stereocenters. The van der Waals surface area contributed by atoms with Crippen molar-refractivity contribution in [2.45, 2.75) is 26.7 Å². The van der Waals surface area contributed by atoms with Crippen LogP contribution in [0.15, 0.2) is 39.5 Å². The van der Waals surface area contributed by atoms with E-state index in [1.807, 2.05) is 48.9 Å². The normalized spacial score (nSPS) is 10.7. The number of aryl methyl sites for hydroxylation is 3. The molecule has 3 rings (SSSR count). The van der Waals surface area contributed by atoms with Crippen molar-refractivity contribution in [2.24, 2.45) is 0 Å². The van der Waals surface area contributed by atoms with Crippen molar-refractivity contribution in [2.75, 3.05) is 5.32 Å². The minimum atomic E-state index is -0.0627. The minimum absolute atomic E-state index is 0.0627. The molecule has 0 aliphatic carbocycles. The monoisotopic (exact) mass is 327 g/mol. The van der Waals surface area contributed by atoms with E-state index in [1.165, 1.54) is 5.56 Å². The second kappa shape index (κ2) is 6.75. The van der Waals surface area contributed by atoms with Gasteiger partial charge in [-0.2, -0.15) is 16.3 Å². The lowest BCUT2D eigenvalue weighted by molar-refractivity contribution is -0.116. The highest BCUT2D eigenvalue weighted by molar-refractivity contribution is 7.08. The molecule has 0 aliphatic heterocycles. The molecule has 0 atom stereocenters. The molecular weight excluding hydrogens is 310 g/mol. The van der Waals surface area contributed by atoms with Crippen LogP contribution in [0, 0.1) is 13.8 Å². The molecule has 2 heterocycles. The van der Waals surface area contributed by atoms with E-state index in [4.69, 9.17) is 4.52 Å². The minimum Gasteiger partial charge on any atom is -0.339 e. The van der Waals surface area contributed by atoms with Crippen molar-refractivity contribution in [3.63, 3.8) is 0 Å². The quantitative estimate of drug-likeness (QED) is 0.769. The third-order valence-corrected chi connectivity index (χ3v) is 4.15. The predicted molar refractivity (Wildman–Crippen MR) is 90.5 cm³/mol. The van der Waals surface area contributed by atoms with Gasteiger partial charge in [-0.3, -0.25) is 4.79 Å². The summed E-state index contributed by atoms with van der Waals surface area (Å²) in [6.07, 6.45) is 0.729. The number of carbonyl (C=O) groups excluding carboxylic acids is 1. The molecule has 1 aromatic carbocycles. The van der Waals surface area contributed by atoms with Crippen LogP contribution in [0.4, 0.5) is 5.69 Å². The van der Waals surface area contributed by atoms with E-state index in [0.29, 0.717) is 24.6 Å². The van der Waals surface area contributed by atoms with E-state index in [1.54, 1.807) is 11.3 Å². The van der Waals surface area contributed by atoms with E-state index in [9.17, 15) is 4.79 Å². The summed E-state index contributed by atoms with van der Waals surface area (Å²) in [6, 6.07) is 7.88. The molecule has 0 radical (unpaired) electrons. The Bertz CT molecular complexity index is 809. The highest BCUT2D eigenvalue weighted by Gasteiger charge is 2.11. The van der Waals surface area contributed by atoms with Crippen LogP contribution in [0.25, 0.3) is 11.4 Å². The summed E-state index contributed by atoms with van der Waals surface area (Å²) >= 11 is 1.58. The lowest BCUT2D eigenvalue weighted by atomic mass is 10.1. The lowest BCUT2D eigenvalue weighted by Crippen LogP contribution is -2.13. The topological polar surface area (TPSA) is 68.0 Å². The second-order valence-electron chi connectivity index (χ2n) is 5.39. The van der Waals surface area contributed by atoms with Crippen molar-refractivity contribution in [1.29, 1.82) is 0 Å². The number of rotatable bonds is 5. The van der Waals surface area contributed by atoms with E-state index < -0.39 is 0 Å². The van der Waals surface area contributed by atoms with Gasteiger partial charge in [-0.1, -0.05) is 22.9 Å². The van der Waals surface area contributed by atoms with E-state index in [0.717, 1.165) is 16.8 Å². The maximum atomic E-state index is 12.1. The molecule has 0 bridgehead atoms. The first-order valence-electron chi connectivity index (χ1n) is 7.34. The Kier molecular flexibility index (Phi) is 4.52. The highest BCUT2D eigenvalue weighted by atomic mass is 32.1. The van der Waals surface area contributed by atoms with E-state index in [2.05, 4.69) is 15.5 Å². The number of hydrogen-bond donors (Lipinski definition) is 1. The molecule has 0 fully saturated rings. The van der Waals surface area contributed by atoms with Crippen LogP contribution < -0.4 is 5.32 Å². The Morgan fingerprint density at radius 1 is 1.30 bits per heavy atom. The summed E-state index contributed by atoms with van der Waals surface area (Å²) < 4.78 is 5.19. The summed E-state index contributed by atoms with van der Waals surface area (Å²) in [5.41, 5.74) is 4.00.